The molecule has 2 aliphatic heterocycles. The van der Waals surface area contributed by atoms with E-state index in [2.05, 4.69) is 270 Å². The summed E-state index contributed by atoms with van der Waals surface area (Å²) in [4.78, 5) is 8.07. The predicted molar refractivity (Wildman–Crippen MR) is 347 cm³/mol. The molecule has 2 bridgehead atoms. The monoisotopic (exact) mass is 1070 g/mol. The Labute approximate surface area is 483 Å². The van der Waals surface area contributed by atoms with Gasteiger partial charge in [-0.25, -0.2) is 0 Å². The lowest BCUT2D eigenvalue weighted by Crippen LogP contribution is -2.61. The topological polar surface area (TPSA) is 9.72 Å². The van der Waals surface area contributed by atoms with Crippen molar-refractivity contribution in [3.05, 3.63) is 178 Å². The summed E-state index contributed by atoms with van der Waals surface area (Å²) in [5, 5.41) is 1.41. The quantitative estimate of drug-likeness (QED) is 0.159. The van der Waals surface area contributed by atoms with E-state index in [1.54, 1.807) is 11.1 Å². The molecular formula is C75H84BN3S. The van der Waals surface area contributed by atoms with Crippen LogP contribution in [-0.4, -0.2) is 6.71 Å². The molecule has 2 unspecified atom stereocenters. The molecule has 2 atom stereocenters. The van der Waals surface area contributed by atoms with E-state index in [0.29, 0.717) is 0 Å². The number of hydrogen-bond donors (Lipinski definition) is 0. The van der Waals surface area contributed by atoms with E-state index >= 15 is 0 Å². The zero-order valence-electron chi connectivity index (χ0n) is 51.0. The average Bonchev–Trinajstić information content (AvgIpc) is 3.49. The minimum Gasteiger partial charge on any atom is -0.311 e. The van der Waals surface area contributed by atoms with Crippen LogP contribution in [0.15, 0.2) is 133 Å². The van der Waals surface area contributed by atoms with Crippen molar-refractivity contribution in [3.8, 4) is 0 Å². The molecule has 5 heteroatoms. The number of hydrogen-bond acceptors (Lipinski definition) is 4. The highest BCUT2D eigenvalue weighted by Gasteiger charge is 2.54. The molecule has 8 aromatic rings. The van der Waals surface area contributed by atoms with Crippen LogP contribution in [0.25, 0.3) is 10.1 Å². The molecule has 408 valence electrons. The molecule has 80 heavy (non-hydrogen) atoms. The summed E-state index contributed by atoms with van der Waals surface area (Å²) in [6.45, 7) is 39.5. The number of fused-ring (bicyclic) bond motifs is 13. The van der Waals surface area contributed by atoms with Gasteiger partial charge in [-0.3, -0.25) is 0 Å². The molecule has 3 heterocycles. The van der Waals surface area contributed by atoms with E-state index in [4.69, 9.17) is 0 Å². The summed E-state index contributed by atoms with van der Waals surface area (Å²) < 4.78 is 2.90. The number of nitrogens with zero attached hydrogens (tertiary/aromatic N) is 3. The third-order valence-corrected chi connectivity index (χ3v) is 22.6. The van der Waals surface area contributed by atoms with Crippen LogP contribution in [0.4, 0.5) is 51.2 Å². The second kappa shape index (κ2) is 16.8. The van der Waals surface area contributed by atoms with Gasteiger partial charge in [0.2, 0.25) is 0 Å². The highest BCUT2D eigenvalue weighted by molar-refractivity contribution is 7.33. The molecule has 3 nitrogen and oxygen atoms in total. The van der Waals surface area contributed by atoms with Gasteiger partial charge in [-0.2, -0.15) is 0 Å². The first kappa shape index (κ1) is 52.1. The van der Waals surface area contributed by atoms with E-state index in [-0.39, 0.29) is 50.0 Å². The summed E-state index contributed by atoms with van der Waals surface area (Å²) in [6.07, 6.45) is 8.45. The van der Waals surface area contributed by atoms with E-state index in [9.17, 15) is 0 Å². The number of para-hydroxylation sites is 2. The van der Waals surface area contributed by atoms with Crippen molar-refractivity contribution in [1.29, 1.82) is 0 Å². The maximum absolute atomic E-state index is 2.80. The van der Waals surface area contributed by atoms with Crippen LogP contribution in [0.2, 0.25) is 0 Å². The maximum atomic E-state index is 2.80. The summed E-state index contributed by atoms with van der Waals surface area (Å²) in [5.41, 5.74) is 26.3. The van der Waals surface area contributed by atoms with E-state index in [0.717, 1.165) is 29.9 Å². The van der Waals surface area contributed by atoms with Crippen LogP contribution in [0.3, 0.4) is 0 Å². The average molecular weight is 1070 g/mol. The molecule has 0 N–H and O–H groups in total. The molecule has 4 aliphatic carbocycles. The Morgan fingerprint density at radius 3 is 1.49 bits per heavy atom. The van der Waals surface area contributed by atoms with Gasteiger partial charge in [0, 0.05) is 54.7 Å². The highest BCUT2D eigenvalue weighted by Crippen LogP contribution is 2.63. The number of benzene rings is 7. The lowest BCUT2D eigenvalue weighted by atomic mass is 9.35. The van der Waals surface area contributed by atoms with Crippen molar-refractivity contribution in [2.45, 2.75) is 199 Å². The van der Waals surface area contributed by atoms with Crippen molar-refractivity contribution < 1.29 is 0 Å². The summed E-state index contributed by atoms with van der Waals surface area (Å²) in [6, 6.07) is 53.6. The van der Waals surface area contributed by atoms with Gasteiger partial charge in [-0.15, -0.1) is 11.3 Å². The normalized spacial score (nSPS) is 22.3. The first-order valence-corrected chi connectivity index (χ1v) is 31.2. The molecule has 0 spiro atoms. The molecule has 14 rings (SSSR count). The van der Waals surface area contributed by atoms with Gasteiger partial charge in [0.15, 0.2) is 0 Å². The fraction of sp³-hybridized carbons (Fsp3) is 0.413. The lowest BCUT2D eigenvalue weighted by Gasteiger charge is -2.47. The first-order chi connectivity index (χ1) is 37.6. The Kier molecular flexibility index (Phi) is 10.9. The summed E-state index contributed by atoms with van der Waals surface area (Å²) in [7, 11) is 0. The summed E-state index contributed by atoms with van der Waals surface area (Å²) in [5.74, 6) is 0. The van der Waals surface area contributed by atoms with Gasteiger partial charge < -0.3 is 14.7 Å². The molecule has 1 aromatic heterocycles. The predicted octanol–water partition coefficient (Wildman–Crippen LogP) is 19.5. The number of rotatable bonds is 5. The molecule has 1 fully saturated rings. The molecule has 6 aliphatic rings. The molecule has 0 saturated heterocycles. The summed E-state index contributed by atoms with van der Waals surface area (Å²) >= 11 is 2.10. The SMILES string of the molecule is CC(C)(C)c1cc(N2c3cc4c(cc3B3c5sc6cc7c(cc6c5N(c5ccc6c(c5)C(C)(C)CCC6(C)C)c5cc(N(c6ccccc6)c6ccccc6)cc2c53)C2(C)CCC7(C)C2)C(C)(C)CCC4(C)C)cc(C(C)(C)C)c1. The van der Waals surface area contributed by atoms with E-state index < -0.39 is 0 Å². The van der Waals surface area contributed by atoms with Gasteiger partial charge in [0.05, 0.1) is 11.4 Å². The number of thiophene rings is 1. The van der Waals surface area contributed by atoms with Gasteiger partial charge >= 0.3 is 0 Å². The van der Waals surface area contributed by atoms with E-state index in [1.807, 2.05) is 0 Å². The van der Waals surface area contributed by atoms with Gasteiger partial charge in [0.1, 0.15) is 0 Å². The van der Waals surface area contributed by atoms with Crippen molar-refractivity contribution in [1.82, 2.24) is 0 Å². The third kappa shape index (κ3) is 7.63. The van der Waals surface area contributed by atoms with Crippen molar-refractivity contribution in [3.63, 3.8) is 0 Å². The Morgan fingerprint density at radius 1 is 0.438 bits per heavy atom. The smallest absolute Gasteiger partial charge is 0.264 e. The van der Waals surface area contributed by atoms with Crippen molar-refractivity contribution >= 4 is 95.0 Å². The van der Waals surface area contributed by atoms with Crippen molar-refractivity contribution in [2.75, 3.05) is 14.7 Å². The maximum Gasteiger partial charge on any atom is 0.264 e. The third-order valence-electron chi connectivity index (χ3n) is 21.4. The van der Waals surface area contributed by atoms with E-state index in [1.165, 1.54) is 125 Å². The fourth-order valence-corrected chi connectivity index (χ4v) is 17.6. The van der Waals surface area contributed by atoms with Gasteiger partial charge in [-0.1, -0.05) is 165 Å². The van der Waals surface area contributed by atoms with Crippen LogP contribution >= 0.6 is 11.3 Å². The molecule has 7 aromatic carbocycles. The first-order valence-electron chi connectivity index (χ1n) is 30.4. The van der Waals surface area contributed by atoms with Crippen LogP contribution in [0.5, 0.6) is 0 Å². The Bertz CT molecular complexity index is 3830. The molecular weight excluding hydrogens is 986 g/mol. The highest BCUT2D eigenvalue weighted by atomic mass is 32.1. The van der Waals surface area contributed by atoms with Crippen LogP contribution in [0, 0.1) is 0 Å². The minimum absolute atomic E-state index is 0.00406. The largest absolute Gasteiger partial charge is 0.311 e. The Morgan fingerprint density at radius 2 is 0.938 bits per heavy atom. The molecule has 1 saturated carbocycles. The van der Waals surface area contributed by atoms with Crippen LogP contribution in [0.1, 0.15) is 200 Å². The fourth-order valence-electron chi connectivity index (χ4n) is 16.2. The Balaban J connectivity index is 1.17. The second-order valence-electron chi connectivity index (χ2n) is 31.0. The molecule has 0 radical (unpaired) electrons. The van der Waals surface area contributed by atoms with Crippen LogP contribution in [-0.2, 0) is 43.3 Å². The van der Waals surface area contributed by atoms with Crippen molar-refractivity contribution in [2.24, 2.45) is 0 Å². The zero-order chi connectivity index (χ0) is 56.2. The lowest BCUT2D eigenvalue weighted by molar-refractivity contribution is 0.332. The second-order valence-corrected chi connectivity index (χ2v) is 32.1. The zero-order valence-corrected chi connectivity index (χ0v) is 51.8. The van der Waals surface area contributed by atoms with Crippen LogP contribution < -0.4 is 30.4 Å². The minimum atomic E-state index is -0.0802. The Hall–Kier alpha value is -6.04. The standard InChI is InChI=1S/C75H84BN3S/c1-68(2,3)46-35-47(69(4,5)6)37-51(36-46)78-61-43-57-56(72(11,12)31-32-73(57,13)14)42-60(61)76-65-62(78)39-52(77(48-23-19-17-20-24-48)49-25-21-18-22-26-49)40-63(65)79(50-27-28-54-55(38-50)71(9,10)30-29-70(54,7)8)66-53-41-58-59(44-64(53)80-67(66)76)75(16)34-33-74(58,15)45-75/h17-28,35-44H,29-34,45H2,1-16H3. The van der Waals surface area contributed by atoms with Gasteiger partial charge in [-0.05, 0) is 223 Å². The van der Waals surface area contributed by atoms with Gasteiger partial charge in [0.25, 0.3) is 6.71 Å². The molecule has 0 amide bonds. The number of anilines is 9.